The van der Waals surface area contributed by atoms with Crippen molar-refractivity contribution in [2.24, 2.45) is 12.5 Å². The molecule has 0 aromatic carbocycles. The van der Waals surface area contributed by atoms with Gasteiger partial charge < -0.3 is 0 Å². The number of thiazole rings is 1. The van der Waals surface area contributed by atoms with Crippen molar-refractivity contribution in [3.63, 3.8) is 0 Å². The van der Waals surface area contributed by atoms with Crippen LogP contribution in [0.15, 0.2) is 28.9 Å². The van der Waals surface area contributed by atoms with E-state index in [0.29, 0.717) is 24.0 Å². The van der Waals surface area contributed by atoms with Gasteiger partial charge in [0.1, 0.15) is 9.90 Å². The predicted octanol–water partition coefficient (Wildman–Crippen LogP) is 1.55. The van der Waals surface area contributed by atoms with Crippen LogP contribution in [0.5, 0.6) is 0 Å². The Hall–Kier alpha value is -1.29. The van der Waals surface area contributed by atoms with E-state index in [1.165, 1.54) is 10.9 Å². The van der Waals surface area contributed by atoms with Crippen LogP contribution in [0.3, 0.4) is 0 Å². The normalized spacial score (nSPS) is 23.4. The Labute approximate surface area is 152 Å². The molecule has 9 heteroatoms. The predicted molar refractivity (Wildman–Crippen MR) is 95.6 cm³/mol. The molecule has 0 N–H and O–H groups in total. The van der Waals surface area contributed by atoms with Crippen LogP contribution >= 0.6 is 11.3 Å². The summed E-state index contributed by atoms with van der Waals surface area (Å²) in [6, 6.07) is 0.541. The number of aryl methyl sites for hydroxylation is 1. The van der Waals surface area contributed by atoms with Crippen LogP contribution in [0.2, 0.25) is 0 Å². The van der Waals surface area contributed by atoms with Crippen LogP contribution in [0.25, 0.3) is 0 Å². The van der Waals surface area contributed by atoms with Crippen LogP contribution in [-0.2, 0) is 23.6 Å². The lowest BCUT2D eigenvalue weighted by Gasteiger charge is -2.33. The zero-order valence-electron chi connectivity index (χ0n) is 14.5. The van der Waals surface area contributed by atoms with Crippen molar-refractivity contribution in [2.75, 3.05) is 20.1 Å². The number of nitrogens with zero attached hydrogens (tertiary/aromatic N) is 5. The average Bonchev–Trinajstić information content (AvgIpc) is 2.96. The van der Waals surface area contributed by atoms with Crippen molar-refractivity contribution in [1.29, 1.82) is 0 Å². The fourth-order valence-corrected chi connectivity index (χ4v) is 6.10. The molecule has 1 saturated heterocycles. The van der Waals surface area contributed by atoms with E-state index in [-0.39, 0.29) is 5.41 Å². The topological polar surface area (TPSA) is 71.3 Å². The van der Waals surface area contributed by atoms with Crippen molar-refractivity contribution in [3.8, 4) is 0 Å². The third kappa shape index (κ3) is 3.14. The quantitative estimate of drug-likeness (QED) is 0.786. The second-order valence-corrected chi connectivity index (χ2v) is 10.1. The number of aromatic nitrogens is 3. The van der Waals surface area contributed by atoms with E-state index >= 15 is 0 Å². The van der Waals surface area contributed by atoms with Gasteiger partial charge in [-0.05, 0) is 31.7 Å². The Kier molecular flexibility index (Phi) is 4.22. The van der Waals surface area contributed by atoms with E-state index in [4.69, 9.17) is 0 Å². The van der Waals surface area contributed by atoms with Gasteiger partial charge in [-0.3, -0.25) is 9.58 Å². The van der Waals surface area contributed by atoms with Gasteiger partial charge in [0.05, 0.1) is 12.7 Å². The van der Waals surface area contributed by atoms with Crippen LogP contribution in [0, 0.1) is 5.41 Å². The fourth-order valence-electron chi connectivity index (χ4n) is 3.99. The molecule has 1 saturated carbocycles. The van der Waals surface area contributed by atoms with Crippen molar-refractivity contribution in [1.82, 2.24) is 24.0 Å². The van der Waals surface area contributed by atoms with Gasteiger partial charge in [-0.1, -0.05) is 0 Å². The zero-order chi connectivity index (χ0) is 17.7. The maximum atomic E-state index is 12.7. The highest BCUT2D eigenvalue weighted by atomic mass is 32.2. The Morgan fingerprint density at radius 3 is 2.76 bits per heavy atom. The van der Waals surface area contributed by atoms with E-state index < -0.39 is 10.0 Å². The van der Waals surface area contributed by atoms with Crippen molar-refractivity contribution in [3.05, 3.63) is 29.0 Å². The number of hydrogen-bond acceptors (Lipinski definition) is 6. The summed E-state index contributed by atoms with van der Waals surface area (Å²) >= 11 is 1.69. The monoisotopic (exact) mass is 381 g/mol. The molecule has 2 fully saturated rings. The van der Waals surface area contributed by atoms with E-state index in [9.17, 15) is 8.42 Å². The van der Waals surface area contributed by atoms with Crippen molar-refractivity contribution in [2.45, 2.75) is 36.7 Å². The maximum Gasteiger partial charge on any atom is 0.246 e. The Morgan fingerprint density at radius 2 is 2.16 bits per heavy atom. The number of hydrogen-bond donors (Lipinski definition) is 0. The number of sulfonamides is 1. The molecule has 2 aromatic rings. The lowest BCUT2D eigenvalue weighted by atomic mass is 9.93. The van der Waals surface area contributed by atoms with Crippen molar-refractivity contribution < 1.29 is 8.42 Å². The molecule has 1 unspecified atom stereocenters. The van der Waals surface area contributed by atoms with Crippen molar-refractivity contribution >= 4 is 21.4 Å². The van der Waals surface area contributed by atoms with E-state index in [1.54, 1.807) is 28.9 Å². The van der Waals surface area contributed by atoms with Gasteiger partial charge in [-0.25, -0.2) is 13.4 Å². The standard InChI is InChI=1S/C16H23N5O2S2/c1-19(12-15-17-5-8-24-15)14-9-16(14)3-6-21(7-4-16)25(22,23)13-10-18-20(2)11-13/h5,8,10-11,14H,3-4,6-7,9,12H2,1-2H3. The smallest absolute Gasteiger partial charge is 0.246 e. The van der Waals surface area contributed by atoms with Gasteiger partial charge in [-0.15, -0.1) is 11.3 Å². The summed E-state index contributed by atoms with van der Waals surface area (Å²) in [5, 5.41) is 7.14. The Morgan fingerprint density at radius 1 is 1.40 bits per heavy atom. The second kappa shape index (κ2) is 6.15. The maximum absolute atomic E-state index is 12.7. The van der Waals surface area contributed by atoms with Gasteiger partial charge in [0.2, 0.25) is 10.0 Å². The molecule has 136 valence electrons. The summed E-state index contributed by atoms with van der Waals surface area (Å²) < 4.78 is 28.6. The van der Waals surface area contributed by atoms with Gasteiger partial charge in [0.15, 0.2) is 0 Å². The molecular weight excluding hydrogens is 358 g/mol. The third-order valence-electron chi connectivity index (χ3n) is 5.58. The highest BCUT2D eigenvalue weighted by Gasteiger charge is 2.57. The molecule has 4 rings (SSSR count). The highest BCUT2D eigenvalue weighted by Crippen LogP contribution is 2.56. The van der Waals surface area contributed by atoms with Gasteiger partial charge in [0, 0.05) is 44.0 Å². The lowest BCUT2D eigenvalue weighted by Crippen LogP contribution is -2.41. The molecule has 7 nitrogen and oxygen atoms in total. The number of rotatable bonds is 5. The molecular formula is C16H23N5O2S2. The van der Waals surface area contributed by atoms with Crippen LogP contribution < -0.4 is 0 Å². The summed E-state index contributed by atoms with van der Waals surface area (Å²) in [5.41, 5.74) is 0.285. The summed E-state index contributed by atoms with van der Waals surface area (Å²) in [6.45, 7) is 2.07. The molecule has 0 bridgehead atoms. The van der Waals surface area contributed by atoms with Gasteiger partial charge >= 0.3 is 0 Å². The average molecular weight is 382 g/mol. The first-order chi connectivity index (χ1) is 11.9. The van der Waals surface area contributed by atoms with E-state index in [2.05, 4.69) is 22.0 Å². The molecule has 0 radical (unpaired) electrons. The lowest BCUT2D eigenvalue weighted by molar-refractivity contribution is 0.196. The number of piperidine rings is 1. The molecule has 3 heterocycles. The minimum atomic E-state index is -3.41. The Balaban J connectivity index is 1.37. The second-order valence-electron chi connectivity index (χ2n) is 7.18. The summed E-state index contributed by atoms with van der Waals surface area (Å²) in [4.78, 5) is 7.03. The third-order valence-corrected chi connectivity index (χ3v) is 8.20. The van der Waals surface area contributed by atoms with E-state index in [1.807, 2.05) is 11.6 Å². The zero-order valence-corrected chi connectivity index (χ0v) is 16.1. The molecule has 2 aliphatic rings. The fraction of sp³-hybridized carbons (Fsp3) is 0.625. The van der Waals surface area contributed by atoms with Crippen LogP contribution in [-0.4, -0.2) is 58.6 Å². The Bertz CT molecular complexity index is 838. The van der Waals surface area contributed by atoms with Gasteiger partial charge in [-0.2, -0.15) is 9.40 Å². The molecule has 0 amide bonds. The first-order valence-electron chi connectivity index (χ1n) is 8.48. The minimum Gasteiger partial charge on any atom is -0.296 e. The van der Waals surface area contributed by atoms with E-state index in [0.717, 1.165) is 30.8 Å². The molecule has 1 aliphatic carbocycles. The summed E-state index contributed by atoms with van der Waals surface area (Å²) in [5.74, 6) is 0. The first-order valence-corrected chi connectivity index (χ1v) is 10.8. The largest absolute Gasteiger partial charge is 0.296 e. The minimum absolute atomic E-state index is 0.285. The summed E-state index contributed by atoms with van der Waals surface area (Å²) in [6.07, 6.45) is 7.87. The summed E-state index contributed by atoms with van der Waals surface area (Å²) in [7, 11) is 0.471. The molecule has 25 heavy (non-hydrogen) atoms. The highest BCUT2D eigenvalue weighted by molar-refractivity contribution is 7.89. The molecule has 1 atom stereocenters. The van der Waals surface area contributed by atoms with Crippen LogP contribution in [0.4, 0.5) is 0 Å². The van der Waals surface area contributed by atoms with Crippen LogP contribution in [0.1, 0.15) is 24.3 Å². The molecule has 1 aliphatic heterocycles. The van der Waals surface area contributed by atoms with Gasteiger partial charge in [0.25, 0.3) is 0 Å². The molecule has 2 aromatic heterocycles. The molecule has 1 spiro atoms. The first kappa shape index (κ1) is 17.1. The SMILES string of the molecule is CN(Cc1nccs1)C1CC12CCN(S(=O)(=O)c1cnn(C)c1)CC2.